The summed E-state index contributed by atoms with van der Waals surface area (Å²) in [6.07, 6.45) is -17.8. The number of aliphatic hydroxyl groups is 7. The van der Waals surface area contributed by atoms with Crippen LogP contribution in [0.1, 0.15) is 6.92 Å². The van der Waals surface area contributed by atoms with Gasteiger partial charge in [0, 0.05) is 24.6 Å². The van der Waals surface area contributed by atoms with Gasteiger partial charge in [-0.1, -0.05) is 0 Å². The molecule has 3 heterocycles. The van der Waals surface area contributed by atoms with E-state index in [1.807, 2.05) is 0 Å². The molecule has 2 fully saturated rings. The number of phenolic OH excluding ortho intramolecular Hbond substituents is 2. The van der Waals surface area contributed by atoms with E-state index in [-0.39, 0.29) is 28.2 Å². The number of aromatic hydroxyl groups is 2. The van der Waals surface area contributed by atoms with E-state index in [4.69, 9.17) is 32.8 Å². The molecule has 1 aromatic heterocycles. The number of fused-ring (bicyclic) bond motifs is 1. The lowest BCUT2D eigenvalue weighted by Gasteiger charge is -2.45. The summed E-state index contributed by atoms with van der Waals surface area (Å²) < 4.78 is 38.5. The van der Waals surface area contributed by atoms with Crippen molar-refractivity contribution in [1.82, 2.24) is 0 Å². The summed E-state index contributed by atoms with van der Waals surface area (Å²) >= 11 is 0. The zero-order valence-electron chi connectivity index (χ0n) is 25.3. The van der Waals surface area contributed by atoms with Crippen LogP contribution in [0.4, 0.5) is 0 Å². The number of benzene rings is 2. The Hall–Kier alpha value is -4.08. The second kappa shape index (κ2) is 14.2. The first kappa shape index (κ1) is 35.2. The van der Waals surface area contributed by atoms with Crippen LogP contribution in [0.2, 0.25) is 0 Å². The fraction of sp³-hybridized carbons (Fsp3) is 0.467. The van der Waals surface area contributed by atoms with E-state index in [1.165, 1.54) is 25.3 Å². The third-order valence-electron chi connectivity index (χ3n) is 7.83. The van der Waals surface area contributed by atoms with Crippen LogP contribution in [0.15, 0.2) is 39.5 Å². The molecule has 0 radical (unpaired) electrons. The van der Waals surface area contributed by atoms with Gasteiger partial charge in [0.25, 0.3) is 0 Å². The molecule has 0 bridgehead atoms. The normalized spacial score (nSPS) is 30.6. The highest BCUT2D eigenvalue weighted by Gasteiger charge is 2.51. The van der Waals surface area contributed by atoms with E-state index >= 15 is 0 Å². The zero-order chi connectivity index (χ0) is 35.0. The van der Waals surface area contributed by atoms with Crippen molar-refractivity contribution in [3.8, 4) is 40.1 Å². The van der Waals surface area contributed by atoms with Crippen molar-refractivity contribution in [2.75, 3.05) is 20.3 Å². The van der Waals surface area contributed by atoms with Crippen molar-refractivity contribution in [2.45, 2.75) is 68.3 Å². The number of esters is 1. The maximum absolute atomic E-state index is 13.3. The van der Waals surface area contributed by atoms with Gasteiger partial charge in [-0.15, -0.1) is 0 Å². The highest BCUT2D eigenvalue weighted by atomic mass is 16.8. The lowest BCUT2D eigenvalue weighted by atomic mass is 9.97. The zero-order valence-corrected chi connectivity index (χ0v) is 25.3. The van der Waals surface area contributed by atoms with Crippen LogP contribution < -0.4 is 19.6 Å². The minimum atomic E-state index is -1.95. The first-order valence-electron chi connectivity index (χ1n) is 14.4. The van der Waals surface area contributed by atoms with Crippen LogP contribution in [-0.2, 0) is 19.0 Å². The van der Waals surface area contributed by atoms with Gasteiger partial charge in [0.1, 0.15) is 59.6 Å². The average molecular weight is 683 g/mol. The molecular formula is C30H34O18. The Labute approximate surface area is 270 Å². The van der Waals surface area contributed by atoms with E-state index in [9.17, 15) is 55.5 Å². The first-order chi connectivity index (χ1) is 22.8. The van der Waals surface area contributed by atoms with Gasteiger partial charge in [-0.3, -0.25) is 9.59 Å². The number of hydrogen-bond donors (Lipinski definition) is 9. The highest BCUT2D eigenvalue weighted by Crippen LogP contribution is 2.43. The molecule has 10 atom stereocenters. The van der Waals surface area contributed by atoms with Crippen LogP contribution in [0.25, 0.3) is 22.3 Å². The van der Waals surface area contributed by atoms with Gasteiger partial charge in [0.2, 0.25) is 12.0 Å². The van der Waals surface area contributed by atoms with Crippen LogP contribution in [-0.4, -0.2) is 134 Å². The Morgan fingerprint density at radius 1 is 0.812 bits per heavy atom. The van der Waals surface area contributed by atoms with E-state index in [0.717, 1.165) is 19.1 Å². The van der Waals surface area contributed by atoms with Gasteiger partial charge in [-0.2, -0.15) is 0 Å². The Morgan fingerprint density at radius 3 is 2.08 bits per heavy atom. The van der Waals surface area contributed by atoms with Crippen LogP contribution in [0, 0.1) is 0 Å². The fourth-order valence-electron chi connectivity index (χ4n) is 5.32. The molecule has 0 unspecified atom stereocenters. The third-order valence-corrected chi connectivity index (χ3v) is 7.83. The van der Waals surface area contributed by atoms with Crippen LogP contribution >= 0.6 is 0 Å². The van der Waals surface area contributed by atoms with Gasteiger partial charge in [-0.05, 0) is 18.2 Å². The second-order valence-electron chi connectivity index (χ2n) is 11.0. The number of carbonyl (C=O) groups excluding carboxylic acids is 1. The SMILES string of the molecule is COc1cc(-c2cc(=O)c3c(OC(C)=O)cc(O[C@H]4O[C@H](CO)[C@H](O)[C@@H](O)[C@H]4O[C@@H]4O[C@@H](CO)[C@@H](O)[C@@H](O)[C@@H]4O)c(O)c3o2)ccc1O. The van der Waals surface area contributed by atoms with E-state index in [1.54, 1.807) is 0 Å². The molecule has 0 spiro atoms. The second-order valence-corrected chi connectivity index (χ2v) is 11.0. The quantitative estimate of drug-likeness (QED) is 0.0855. The number of aliphatic hydroxyl groups excluding tert-OH is 7. The van der Waals surface area contributed by atoms with Gasteiger partial charge in [0.05, 0.1) is 20.3 Å². The minimum Gasteiger partial charge on any atom is -0.504 e. The molecule has 2 aliphatic rings. The van der Waals surface area contributed by atoms with Crippen molar-refractivity contribution in [1.29, 1.82) is 0 Å². The maximum Gasteiger partial charge on any atom is 0.308 e. The summed E-state index contributed by atoms with van der Waals surface area (Å²) in [7, 11) is 1.30. The molecule has 9 N–H and O–H groups in total. The molecule has 2 aliphatic heterocycles. The topological polar surface area (TPSA) is 285 Å². The molecule has 48 heavy (non-hydrogen) atoms. The van der Waals surface area contributed by atoms with Crippen molar-refractivity contribution in [2.24, 2.45) is 0 Å². The minimum absolute atomic E-state index is 0.0382. The molecule has 3 aromatic rings. The van der Waals surface area contributed by atoms with Gasteiger partial charge >= 0.3 is 5.97 Å². The molecule has 2 aromatic carbocycles. The summed E-state index contributed by atoms with van der Waals surface area (Å²) in [6, 6.07) is 5.99. The van der Waals surface area contributed by atoms with Crippen LogP contribution in [0.3, 0.4) is 0 Å². The predicted octanol–water partition coefficient (Wildman–Crippen LogP) is -2.19. The molecule has 262 valence electrons. The first-order valence-corrected chi connectivity index (χ1v) is 14.4. The standard InChI is InChI=1S/C30H34O18/c1-10(33)43-16-7-17(23(38)27-20(16)13(35)6-14(44-27)11-3-4-12(34)15(5-11)42-2)45-30-28(25(40)22(37)19(9-32)47-30)48-29-26(41)24(39)21(36)18(8-31)46-29/h3-7,18-19,21-22,24-26,28-32,34,36-41H,8-9H2,1-2H3/t18-,19+,21+,22-,24+,25+,26-,28+,29-,30-/m0/s1. The number of methoxy groups -OCH3 is 1. The molecular weight excluding hydrogens is 648 g/mol. The number of phenols is 2. The van der Waals surface area contributed by atoms with E-state index < -0.39 is 109 Å². The molecule has 18 heteroatoms. The summed E-state index contributed by atoms with van der Waals surface area (Å²) in [5.74, 6) is -3.04. The van der Waals surface area contributed by atoms with Crippen molar-refractivity contribution in [3.63, 3.8) is 0 Å². The Kier molecular flexibility index (Phi) is 10.4. The summed E-state index contributed by atoms with van der Waals surface area (Å²) in [5.41, 5.74) is -1.08. The van der Waals surface area contributed by atoms with Gasteiger partial charge < -0.3 is 78.8 Å². The van der Waals surface area contributed by atoms with Gasteiger partial charge in [0.15, 0.2) is 40.7 Å². The third kappa shape index (κ3) is 6.63. The predicted molar refractivity (Wildman–Crippen MR) is 156 cm³/mol. The Balaban J connectivity index is 1.58. The number of carbonyl (C=O) groups is 1. The van der Waals surface area contributed by atoms with Crippen molar-refractivity contribution >= 4 is 16.9 Å². The Morgan fingerprint density at radius 2 is 1.46 bits per heavy atom. The van der Waals surface area contributed by atoms with Crippen molar-refractivity contribution < 1.29 is 83.6 Å². The number of ether oxygens (including phenoxy) is 6. The molecule has 0 amide bonds. The largest absolute Gasteiger partial charge is 0.504 e. The number of rotatable bonds is 9. The average Bonchev–Trinajstić information content (AvgIpc) is 3.06. The van der Waals surface area contributed by atoms with Gasteiger partial charge in [-0.25, -0.2) is 0 Å². The smallest absolute Gasteiger partial charge is 0.308 e. The Bertz CT molecular complexity index is 1690. The van der Waals surface area contributed by atoms with Crippen LogP contribution in [0.5, 0.6) is 28.7 Å². The fourth-order valence-corrected chi connectivity index (χ4v) is 5.32. The summed E-state index contributed by atoms with van der Waals surface area (Å²) in [6.45, 7) is -0.616. The highest BCUT2D eigenvalue weighted by molar-refractivity contribution is 5.93. The monoisotopic (exact) mass is 682 g/mol. The van der Waals surface area contributed by atoms with E-state index in [0.29, 0.717) is 0 Å². The molecule has 0 saturated carbocycles. The molecule has 0 aliphatic carbocycles. The molecule has 18 nitrogen and oxygen atoms in total. The maximum atomic E-state index is 13.3. The molecule has 2 saturated heterocycles. The lowest BCUT2D eigenvalue weighted by Crippen LogP contribution is -2.65. The number of hydrogen-bond acceptors (Lipinski definition) is 18. The summed E-state index contributed by atoms with van der Waals surface area (Å²) in [4.78, 5) is 25.3. The molecule has 5 rings (SSSR count). The lowest BCUT2D eigenvalue weighted by molar-refractivity contribution is -0.358. The van der Waals surface area contributed by atoms with E-state index in [2.05, 4.69) is 0 Å². The summed E-state index contributed by atoms with van der Waals surface area (Å²) in [5, 5.41) is 92.6. The van der Waals surface area contributed by atoms with Crippen molar-refractivity contribution in [3.05, 3.63) is 40.6 Å².